The summed E-state index contributed by atoms with van der Waals surface area (Å²) in [6.07, 6.45) is 1.22. The fraction of sp³-hybridized carbons (Fsp3) is 0.381. The van der Waals surface area contributed by atoms with E-state index in [1.165, 1.54) is 6.26 Å². The number of methoxy groups -OCH3 is 1. The maximum Gasteiger partial charge on any atom is 0.191 e. The van der Waals surface area contributed by atoms with E-state index in [1.54, 1.807) is 20.1 Å². The van der Waals surface area contributed by atoms with Gasteiger partial charge >= 0.3 is 0 Å². The highest BCUT2D eigenvalue weighted by Gasteiger charge is 2.11. The molecule has 0 aliphatic carbocycles. The average Bonchev–Trinajstić information content (AvgIpc) is 2.64. The van der Waals surface area contributed by atoms with E-state index >= 15 is 0 Å². The summed E-state index contributed by atoms with van der Waals surface area (Å²) in [7, 11) is -1.52. The molecule has 2 N–H and O–H groups in total. The van der Waals surface area contributed by atoms with Gasteiger partial charge in [-0.25, -0.2) is 13.4 Å². The fourth-order valence-electron chi connectivity index (χ4n) is 2.94. The molecule has 29 heavy (non-hydrogen) atoms. The Labute approximate surface area is 191 Å². The van der Waals surface area contributed by atoms with E-state index < -0.39 is 9.84 Å². The minimum absolute atomic E-state index is 0. The zero-order valence-corrected chi connectivity index (χ0v) is 20.5. The predicted molar refractivity (Wildman–Crippen MR) is 129 cm³/mol. The van der Waals surface area contributed by atoms with Gasteiger partial charge in [0.25, 0.3) is 0 Å². The molecular weight excluding hydrogens is 501 g/mol. The maximum absolute atomic E-state index is 11.8. The van der Waals surface area contributed by atoms with Gasteiger partial charge in [-0.3, -0.25) is 0 Å². The first-order chi connectivity index (χ1) is 13.3. The van der Waals surface area contributed by atoms with Crippen LogP contribution in [0.1, 0.15) is 29.2 Å². The van der Waals surface area contributed by atoms with Gasteiger partial charge in [0.1, 0.15) is 0 Å². The minimum atomic E-state index is -3.21. The van der Waals surface area contributed by atoms with Gasteiger partial charge < -0.3 is 15.4 Å². The molecule has 6 nitrogen and oxygen atoms in total. The standard InChI is InChI=1S/C21H29N3O3S.HI/c1-5-22-21(24-14-18-8-6-7-9-19(18)15-27-3)23-13-17-10-11-20(16(2)12-17)28(4,25)26;/h6-12H,5,13-15H2,1-4H3,(H2,22,23,24);1H. The van der Waals surface area contributed by atoms with E-state index in [4.69, 9.17) is 4.74 Å². The zero-order valence-electron chi connectivity index (χ0n) is 17.4. The summed E-state index contributed by atoms with van der Waals surface area (Å²) < 4.78 is 28.8. The van der Waals surface area contributed by atoms with Crippen LogP contribution in [0.5, 0.6) is 0 Å². The second-order valence-corrected chi connectivity index (χ2v) is 8.61. The summed E-state index contributed by atoms with van der Waals surface area (Å²) in [5.41, 5.74) is 3.99. The van der Waals surface area contributed by atoms with Crippen molar-refractivity contribution in [3.8, 4) is 0 Å². The fourth-order valence-corrected chi connectivity index (χ4v) is 3.90. The lowest BCUT2D eigenvalue weighted by Crippen LogP contribution is -2.37. The number of ether oxygens (including phenoxy) is 1. The van der Waals surface area contributed by atoms with Crippen molar-refractivity contribution in [2.45, 2.75) is 38.4 Å². The normalized spacial score (nSPS) is 11.7. The SMILES string of the molecule is CCNC(=NCc1ccc(S(C)(=O)=O)c(C)c1)NCc1ccccc1COC.I. The van der Waals surface area contributed by atoms with Gasteiger partial charge in [0.15, 0.2) is 15.8 Å². The highest BCUT2D eigenvalue weighted by molar-refractivity contribution is 14.0. The lowest BCUT2D eigenvalue weighted by Gasteiger charge is -2.14. The lowest BCUT2D eigenvalue weighted by atomic mass is 10.1. The number of halogens is 1. The smallest absolute Gasteiger partial charge is 0.191 e. The molecule has 0 atom stereocenters. The van der Waals surface area contributed by atoms with Crippen molar-refractivity contribution >= 4 is 39.8 Å². The number of sulfone groups is 1. The Kier molecular flexibility index (Phi) is 10.6. The first kappa shape index (κ1) is 25.4. The van der Waals surface area contributed by atoms with E-state index in [0.29, 0.717) is 30.6 Å². The third-order valence-electron chi connectivity index (χ3n) is 4.27. The van der Waals surface area contributed by atoms with Gasteiger partial charge in [-0.05, 0) is 42.2 Å². The van der Waals surface area contributed by atoms with Crippen LogP contribution >= 0.6 is 24.0 Å². The zero-order chi connectivity index (χ0) is 20.6. The molecule has 0 amide bonds. The Morgan fingerprint density at radius 2 is 1.79 bits per heavy atom. The molecule has 0 radical (unpaired) electrons. The number of aliphatic imine (C=N–C) groups is 1. The maximum atomic E-state index is 11.8. The molecule has 0 saturated carbocycles. The number of aryl methyl sites for hydroxylation is 1. The third-order valence-corrected chi connectivity index (χ3v) is 5.52. The van der Waals surface area contributed by atoms with Crippen molar-refractivity contribution in [1.29, 1.82) is 0 Å². The molecule has 2 rings (SSSR count). The van der Waals surface area contributed by atoms with Crippen molar-refractivity contribution in [2.24, 2.45) is 4.99 Å². The number of hydrogen-bond donors (Lipinski definition) is 2. The summed E-state index contributed by atoms with van der Waals surface area (Å²) in [5.74, 6) is 0.708. The molecule has 0 aliphatic rings. The molecule has 0 saturated heterocycles. The van der Waals surface area contributed by atoms with Crippen LogP contribution in [0.2, 0.25) is 0 Å². The van der Waals surface area contributed by atoms with Crippen molar-refractivity contribution in [2.75, 3.05) is 19.9 Å². The summed E-state index contributed by atoms with van der Waals surface area (Å²) in [6, 6.07) is 13.5. The van der Waals surface area contributed by atoms with Crippen LogP contribution in [-0.2, 0) is 34.3 Å². The van der Waals surface area contributed by atoms with Crippen molar-refractivity contribution in [3.63, 3.8) is 0 Å². The highest BCUT2D eigenvalue weighted by atomic mass is 127. The van der Waals surface area contributed by atoms with Gasteiger partial charge in [-0.1, -0.05) is 36.4 Å². The van der Waals surface area contributed by atoms with Crippen molar-refractivity contribution in [3.05, 3.63) is 64.7 Å². The number of guanidine groups is 1. The van der Waals surface area contributed by atoms with Crippen LogP contribution in [0, 0.1) is 6.92 Å². The second kappa shape index (κ2) is 12.1. The molecule has 0 fully saturated rings. The number of rotatable bonds is 8. The molecule has 0 bridgehead atoms. The highest BCUT2D eigenvalue weighted by Crippen LogP contribution is 2.17. The van der Waals surface area contributed by atoms with Crippen LogP contribution in [0.4, 0.5) is 0 Å². The van der Waals surface area contributed by atoms with Crippen LogP contribution in [-0.4, -0.2) is 34.3 Å². The Bertz CT molecular complexity index is 931. The summed E-state index contributed by atoms with van der Waals surface area (Å²) in [6.45, 7) is 6.23. The topological polar surface area (TPSA) is 79.8 Å². The van der Waals surface area contributed by atoms with Crippen molar-refractivity contribution in [1.82, 2.24) is 10.6 Å². The Balaban J connectivity index is 0.00000420. The molecule has 0 unspecified atom stereocenters. The van der Waals surface area contributed by atoms with Gasteiger partial charge in [-0.2, -0.15) is 0 Å². The molecule has 2 aromatic carbocycles. The lowest BCUT2D eigenvalue weighted by molar-refractivity contribution is 0.184. The molecule has 0 heterocycles. The van der Waals surface area contributed by atoms with E-state index in [9.17, 15) is 8.42 Å². The average molecular weight is 531 g/mol. The van der Waals surface area contributed by atoms with Crippen LogP contribution in [0.25, 0.3) is 0 Å². The van der Waals surface area contributed by atoms with Gasteiger partial charge in [-0.15, -0.1) is 24.0 Å². The number of nitrogens with zero attached hydrogens (tertiary/aromatic N) is 1. The predicted octanol–water partition coefficient (Wildman–Crippen LogP) is 3.42. The van der Waals surface area contributed by atoms with Crippen LogP contribution in [0.15, 0.2) is 52.4 Å². The quantitative estimate of drug-likeness (QED) is 0.310. The van der Waals surface area contributed by atoms with E-state index in [1.807, 2.05) is 31.2 Å². The van der Waals surface area contributed by atoms with Crippen LogP contribution < -0.4 is 10.6 Å². The Hall–Kier alpha value is -1.65. The minimum Gasteiger partial charge on any atom is -0.380 e. The van der Waals surface area contributed by atoms with Gasteiger partial charge in [0.05, 0.1) is 18.0 Å². The van der Waals surface area contributed by atoms with Gasteiger partial charge in [0, 0.05) is 26.5 Å². The molecule has 0 aliphatic heterocycles. The molecule has 8 heteroatoms. The summed E-state index contributed by atoms with van der Waals surface area (Å²) in [4.78, 5) is 4.98. The van der Waals surface area contributed by atoms with Gasteiger partial charge in [0.2, 0.25) is 0 Å². The van der Waals surface area contributed by atoms with Crippen LogP contribution in [0.3, 0.4) is 0 Å². The van der Waals surface area contributed by atoms with E-state index in [0.717, 1.165) is 28.8 Å². The number of nitrogens with one attached hydrogen (secondary N) is 2. The summed E-state index contributed by atoms with van der Waals surface area (Å²) in [5, 5.41) is 6.58. The molecule has 2 aromatic rings. The monoisotopic (exact) mass is 531 g/mol. The molecular formula is C21H30IN3O3S. The molecule has 0 aromatic heterocycles. The first-order valence-corrected chi connectivity index (χ1v) is 11.1. The van der Waals surface area contributed by atoms with E-state index in [-0.39, 0.29) is 24.0 Å². The Morgan fingerprint density at radius 1 is 1.10 bits per heavy atom. The first-order valence-electron chi connectivity index (χ1n) is 9.22. The van der Waals surface area contributed by atoms with Crippen molar-refractivity contribution < 1.29 is 13.2 Å². The third kappa shape index (κ3) is 7.94. The molecule has 160 valence electrons. The van der Waals surface area contributed by atoms with E-state index in [2.05, 4.69) is 27.8 Å². The largest absolute Gasteiger partial charge is 0.380 e. The Morgan fingerprint density at radius 3 is 2.38 bits per heavy atom. The number of hydrogen-bond acceptors (Lipinski definition) is 4. The number of benzene rings is 2. The molecule has 0 spiro atoms. The summed E-state index contributed by atoms with van der Waals surface area (Å²) >= 11 is 0. The second-order valence-electron chi connectivity index (χ2n) is 6.62.